The Kier molecular flexibility index (Phi) is 4.20. The van der Waals surface area contributed by atoms with Crippen LogP contribution in [-0.2, 0) is 11.2 Å². The number of carbonyl (C=O) groups is 1. The van der Waals surface area contributed by atoms with Crippen LogP contribution in [0.15, 0.2) is 24.3 Å². The van der Waals surface area contributed by atoms with Gasteiger partial charge in [0.1, 0.15) is 5.75 Å². The van der Waals surface area contributed by atoms with Crippen molar-refractivity contribution in [2.75, 3.05) is 33.2 Å². The van der Waals surface area contributed by atoms with E-state index in [-0.39, 0.29) is 11.7 Å². The van der Waals surface area contributed by atoms with Crippen LogP contribution in [0, 0.1) is 0 Å². The molecule has 1 aliphatic rings. The molecule has 4 nitrogen and oxygen atoms in total. The lowest BCUT2D eigenvalue weighted by molar-refractivity contribution is -0.130. The fourth-order valence-corrected chi connectivity index (χ4v) is 2.25. The van der Waals surface area contributed by atoms with Gasteiger partial charge in [0.25, 0.3) is 0 Å². The van der Waals surface area contributed by atoms with Gasteiger partial charge in [0.05, 0.1) is 6.42 Å². The van der Waals surface area contributed by atoms with Gasteiger partial charge in [-0.3, -0.25) is 4.79 Å². The zero-order valence-electron chi connectivity index (χ0n) is 10.8. The number of hydrogen-bond acceptors (Lipinski definition) is 3. The minimum absolute atomic E-state index is 0.149. The Bertz CT molecular complexity index is 420. The van der Waals surface area contributed by atoms with E-state index in [1.807, 2.05) is 11.0 Å². The first-order valence-corrected chi connectivity index (χ1v) is 6.39. The number of rotatable bonds is 2. The fraction of sp³-hybridized carbons (Fsp3) is 0.500. The second kappa shape index (κ2) is 5.87. The van der Waals surface area contributed by atoms with Crippen molar-refractivity contribution in [2.45, 2.75) is 12.8 Å². The third kappa shape index (κ3) is 3.47. The molecule has 1 saturated heterocycles. The Labute approximate surface area is 108 Å². The summed E-state index contributed by atoms with van der Waals surface area (Å²) in [5, 5.41) is 9.38. The summed E-state index contributed by atoms with van der Waals surface area (Å²) in [4.78, 5) is 16.3. The zero-order valence-corrected chi connectivity index (χ0v) is 10.8. The van der Waals surface area contributed by atoms with E-state index in [0.29, 0.717) is 6.42 Å². The lowest BCUT2D eigenvalue weighted by Crippen LogP contribution is -2.35. The van der Waals surface area contributed by atoms with Crippen molar-refractivity contribution in [2.24, 2.45) is 0 Å². The quantitative estimate of drug-likeness (QED) is 0.852. The second-order valence-electron chi connectivity index (χ2n) is 4.88. The van der Waals surface area contributed by atoms with E-state index in [0.717, 1.165) is 38.2 Å². The predicted molar refractivity (Wildman–Crippen MR) is 70.5 cm³/mol. The Hall–Kier alpha value is -1.55. The van der Waals surface area contributed by atoms with E-state index in [9.17, 15) is 9.90 Å². The van der Waals surface area contributed by atoms with Crippen LogP contribution in [0.4, 0.5) is 0 Å². The van der Waals surface area contributed by atoms with E-state index in [2.05, 4.69) is 11.9 Å². The lowest BCUT2D eigenvalue weighted by atomic mass is 10.1. The Morgan fingerprint density at radius 1 is 1.28 bits per heavy atom. The van der Waals surface area contributed by atoms with Crippen LogP contribution < -0.4 is 0 Å². The molecule has 0 spiro atoms. The van der Waals surface area contributed by atoms with Gasteiger partial charge in [0.2, 0.25) is 5.91 Å². The number of phenols is 1. The normalized spacial score (nSPS) is 17.5. The topological polar surface area (TPSA) is 43.8 Å². The van der Waals surface area contributed by atoms with Crippen molar-refractivity contribution in [1.82, 2.24) is 9.80 Å². The van der Waals surface area contributed by atoms with Gasteiger partial charge in [-0.15, -0.1) is 0 Å². The van der Waals surface area contributed by atoms with Crippen LogP contribution in [-0.4, -0.2) is 54.0 Å². The van der Waals surface area contributed by atoms with Gasteiger partial charge in [0, 0.05) is 19.6 Å². The van der Waals surface area contributed by atoms with Gasteiger partial charge >= 0.3 is 0 Å². The van der Waals surface area contributed by atoms with Crippen molar-refractivity contribution in [3.8, 4) is 5.75 Å². The number of benzene rings is 1. The Balaban J connectivity index is 1.95. The van der Waals surface area contributed by atoms with Crippen molar-refractivity contribution in [3.63, 3.8) is 0 Å². The van der Waals surface area contributed by atoms with Gasteiger partial charge in [-0.05, 0) is 37.7 Å². The monoisotopic (exact) mass is 248 g/mol. The van der Waals surface area contributed by atoms with Crippen LogP contribution >= 0.6 is 0 Å². The van der Waals surface area contributed by atoms with Crippen LogP contribution in [0.5, 0.6) is 5.75 Å². The second-order valence-corrected chi connectivity index (χ2v) is 4.88. The number of hydrogen-bond donors (Lipinski definition) is 1. The maximum atomic E-state index is 12.2. The summed E-state index contributed by atoms with van der Waals surface area (Å²) >= 11 is 0. The minimum Gasteiger partial charge on any atom is -0.508 e. The Morgan fingerprint density at radius 3 is 2.89 bits per heavy atom. The van der Waals surface area contributed by atoms with Crippen molar-refractivity contribution >= 4 is 5.91 Å². The molecule has 0 aromatic heterocycles. The number of likely N-dealkylation sites (N-methyl/N-ethyl adjacent to an activating group) is 1. The molecule has 0 unspecified atom stereocenters. The highest BCUT2D eigenvalue weighted by Gasteiger charge is 2.17. The molecule has 0 saturated carbocycles. The molecule has 1 aromatic carbocycles. The standard InChI is InChI=1S/C14H20N2O2/c1-15-6-3-7-16(9-8-15)14(18)11-12-4-2-5-13(17)10-12/h2,4-5,10,17H,3,6-9,11H2,1H3. The van der Waals surface area contributed by atoms with Crippen LogP contribution in [0.1, 0.15) is 12.0 Å². The van der Waals surface area contributed by atoms with Crippen LogP contribution in [0.3, 0.4) is 0 Å². The first-order chi connectivity index (χ1) is 8.65. The summed E-state index contributed by atoms with van der Waals surface area (Å²) in [7, 11) is 2.09. The van der Waals surface area contributed by atoms with Crippen molar-refractivity contribution in [1.29, 1.82) is 0 Å². The summed E-state index contributed by atoms with van der Waals surface area (Å²) in [5.74, 6) is 0.367. The summed E-state index contributed by atoms with van der Waals surface area (Å²) in [6.07, 6.45) is 1.40. The van der Waals surface area contributed by atoms with Crippen molar-refractivity contribution in [3.05, 3.63) is 29.8 Å². The van der Waals surface area contributed by atoms with E-state index in [1.165, 1.54) is 0 Å². The zero-order chi connectivity index (χ0) is 13.0. The number of aromatic hydroxyl groups is 1. The van der Waals surface area contributed by atoms with Gasteiger partial charge in [-0.1, -0.05) is 12.1 Å². The minimum atomic E-state index is 0.149. The smallest absolute Gasteiger partial charge is 0.227 e. The van der Waals surface area contributed by atoms with Gasteiger partial charge in [-0.25, -0.2) is 0 Å². The van der Waals surface area contributed by atoms with E-state index >= 15 is 0 Å². The highest BCUT2D eigenvalue weighted by atomic mass is 16.3. The number of carbonyl (C=O) groups excluding carboxylic acids is 1. The van der Waals surface area contributed by atoms with E-state index in [4.69, 9.17) is 0 Å². The largest absolute Gasteiger partial charge is 0.508 e. The fourth-order valence-electron chi connectivity index (χ4n) is 2.25. The first-order valence-electron chi connectivity index (χ1n) is 6.39. The third-order valence-corrected chi connectivity index (χ3v) is 3.34. The van der Waals surface area contributed by atoms with Gasteiger partial charge < -0.3 is 14.9 Å². The summed E-state index contributed by atoms with van der Waals surface area (Å²) in [6.45, 7) is 3.62. The molecule has 1 fully saturated rings. The SMILES string of the molecule is CN1CCCN(C(=O)Cc2cccc(O)c2)CC1. The molecule has 1 N–H and O–H groups in total. The lowest BCUT2D eigenvalue weighted by Gasteiger charge is -2.20. The molecule has 18 heavy (non-hydrogen) atoms. The molecular formula is C14H20N2O2. The molecule has 1 aliphatic heterocycles. The van der Waals surface area contributed by atoms with E-state index in [1.54, 1.807) is 18.2 Å². The van der Waals surface area contributed by atoms with Crippen LogP contribution in [0.25, 0.3) is 0 Å². The first kappa shape index (κ1) is 12.9. The highest BCUT2D eigenvalue weighted by Crippen LogP contribution is 2.13. The molecule has 98 valence electrons. The van der Waals surface area contributed by atoms with E-state index < -0.39 is 0 Å². The molecule has 1 amide bonds. The number of amides is 1. The molecule has 2 rings (SSSR count). The predicted octanol–water partition coefficient (Wildman–Crippen LogP) is 1.10. The molecule has 0 aliphatic carbocycles. The Morgan fingerprint density at radius 2 is 2.11 bits per heavy atom. The van der Waals surface area contributed by atoms with Crippen molar-refractivity contribution < 1.29 is 9.90 Å². The average molecular weight is 248 g/mol. The average Bonchev–Trinajstić information content (AvgIpc) is 2.54. The van der Waals surface area contributed by atoms with Gasteiger partial charge in [-0.2, -0.15) is 0 Å². The molecule has 0 atom stereocenters. The summed E-state index contributed by atoms with van der Waals surface area (Å²) in [6, 6.07) is 6.92. The molecule has 0 radical (unpaired) electrons. The molecular weight excluding hydrogens is 228 g/mol. The van der Waals surface area contributed by atoms with Gasteiger partial charge in [0.15, 0.2) is 0 Å². The number of nitrogens with zero attached hydrogens (tertiary/aromatic N) is 2. The van der Waals surface area contributed by atoms with Crippen LogP contribution in [0.2, 0.25) is 0 Å². The maximum Gasteiger partial charge on any atom is 0.227 e. The molecule has 4 heteroatoms. The summed E-state index contributed by atoms with van der Waals surface area (Å²) in [5.41, 5.74) is 0.873. The summed E-state index contributed by atoms with van der Waals surface area (Å²) < 4.78 is 0. The molecule has 0 bridgehead atoms. The third-order valence-electron chi connectivity index (χ3n) is 3.34. The highest BCUT2D eigenvalue weighted by molar-refractivity contribution is 5.78. The maximum absolute atomic E-state index is 12.2. The number of phenolic OH excluding ortho intramolecular Hbond substituents is 1. The molecule has 1 aromatic rings. The molecule has 1 heterocycles.